The first kappa shape index (κ1) is 13.3. The Labute approximate surface area is 117 Å². The van der Waals surface area contributed by atoms with Gasteiger partial charge < -0.3 is 10.1 Å². The van der Waals surface area contributed by atoms with Crippen LogP contribution >= 0.6 is 22.6 Å². The van der Waals surface area contributed by atoms with Crippen LogP contribution in [0, 0.1) is 9.49 Å². The van der Waals surface area contributed by atoms with E-state index in [1.54, 1.807) is 0 Å². The second-order valence-corrected chi connectivity index (χ2v) is 6.05. The molecule has 1 aliphatic heterocycles. The van der Waals surface area contributed by atoms with Crippen LogP contribution in [0.1, 0.15) is 31.9 Å². The largest absolute Gasteiger partial charge is 0.378 e. The lowest BCUT2D eigenvalue weighted by atomic mass is 10.0. The summed E-state index contributed by atoms with van der Waals surface area (Å²) in [6.07, 6.45) is 1.60. The van der Waals surface area contributed by atoms with Crippen molar-refractivity contribution in [3.63, 3.8) is 0 Å². The summed E-state index contributed by atoms with van der Waals surface area (Å²) in [7, 11) is 0. The number of rotatable bonds is 4. The summed E-state index contributed by atoms with van der Waals surface area (Å²) in [5.41, 5.74) is 1.36. The number of ether oxygens (including phenoxy) is 1. The predicted molar refractivity (Wildman–Crippen MR) is 79.1 cm³/mol. The molecular formula is C14H20INO. The average molecular weight is 345 g/mol. The molecule has 2 rings (SSSR count). The van der Waals surface area contributed by atoms with Gasteiger partial charge in [0, 0.05) is 22.8 Å². The molecule has 2 nitrogen and oxygen atoms in total. The van der Waals surface area contributed by atoms with Gasteiger partial charge in [-0.25, -0.2) is 0 Å². The predicted octanol–water partition coefficient (Wildman–Crippen LogP) is 3.37. The zero-order valence-electron chi connectivity index (χ0n) is 10.4. The SMILES string of the molecule is CC(NCC1CCOC1C)c1ccc(I)cc1. The van der Waals surface area contributed by atoms with E-state index in [9.17, 15) is 0 Å². The molecule has 1 aliphatic rings. The highest BCUT2D eigenvalue weighted by atomic mass is 127. The molecule has 3 atom stereocenters. The quantitative estimate of drug-likeness (QED) is 0.845. The molecule has 17 heavy (non-hydrogen) atoms. The Bertz CT molecular complexity index is 352. The molecule has 1 N–H and O–H groups in total. The molecule has 0 amide bonds. The number of nitrogens with one attached hydrogen (secondary N) is 1. The molecule has 1 aromatic carbocycles. The van der Waals surface area contributed by atoms with E-state index >= 15 is 0 Å². The van der Waals surface area contributed by atoms with Gasteiger partial charge in [0.1, 0.15) is 0 Å². The highest BCUT2D eigenvalue weighted by Gasteiger charge is 2.24. The van der Waals surface area contributed by atoms with Gasteiger partial charge in [-0.05, 0) is 66.5 Å². The molecule has 0 radical (unpaired) electrons. The van der Waals surface area contributed by atoms with E-state index in [4.69, 9.17) is 4.74 Å². The van der Waals surface area contributed by atoms with Crippen molar-refractivity contribution < 1.29 is 4.74 Å². The first-order valence-electron chi connectivity index (χ1n) is 6.27. The Morgan fingerprint density at radius 1 is 1.41 bits per heavy atom. The van der Waals surface area contributed by atoms with Crippen LogP contribution in [0.5, 0.6) is 0 Å². The van der Waals surface area contributed by atoms with E-state index < -0.39 is 0 Å². The Kier molecular flexibility index (Phi) is 4.82. The van der Waals surface area contributed by atoms with Crippen LogP contribution in [0.25, 0.3) is 0 Å². The Hall–Kier alpha value is -0.130. The van der Waals surface area contributed by atoms with E-state index in [2.05, 4.69) is 66.0 Å². The minimum absolute atomic E-state index is 0.409. The topological polar surface area (TPSA) is 21.3 Å². The van der Waals surface area contributed by atoms with Crippen LogP contribution in [-0.2, 0) is 4.74 Å². The van der Waals surface area contributed by atoms with Gasteiger partial charge in [-0.15, -0.1) is 0 Å². The molecule has 1 saturated heterocycles. The van der Waals surface area contributed by atoms with Crippen molar-refractivity contribution in [3.8, 4) is 0 Å². The fourth-order valence-electron chi connectivity index (χ4n) is 2.24. The van der Waals surface area contributed by atoms with Crippen molar-refractivity contribution in [2.75, 3.05) is 13.2 Å². The molecule has 3 heteroatoms. The maximum Gasteiger partial charge on any atom is 0.0588 e. The van der Waals surface area contributed by atoms with Crippen molar-refractivity contribution in [1.29, 1.82) is 0 Å². The van der Waals surface area contributed by atoms with Crippen LogP contribution in [0.4, 0.5) is 0 Å². The zero-order valence-corrected chi connectivity index (χ0v) is 12.6. The lowest BCUT2D eigenvalue weighted by molar-refractivity contribution is 0.105. The molecule has 1 fully saturated rings. The number of halogens is 1. The van der Waals surface area contributed by atoms with Gasteiger partial charge in [-0.1, -0.05) is 12.1 Å². The number of benzene rings is 1. The van der Waals surface area contributed by atoms with E-state index in [1.807, 2.05) is 0 Å². The first-order valence-corrected chi connectivity index (χ1v) is 7.35. The summed E-state index contributed by atoms with van der Waals surface area (Å²) in [5, 5.41) is 3.61. The van der Waals surface area contributed by atoms with Crippen LogP contribution in [0.2, 0.25) is 0 Å². The Morgan fingerprint density at radius 2 is 2.12 bits per heavy atom. The second-order valence-electron chi connectivity index (χ2n) is 4.81. The van der Waals surface area contributed by atoms with Crippen molar-refractivity contribution in [1.82, 2.24) is 5.32 Å². The maximum absolute atomic E-state index is 5.58. The molecule has 0 aliphatic carbocycles. The standard InChI is InChI=1S/C14H20INO/c1-10(12-3-5-14(15)6-4-12)16-9-13-7-8-17-11(13)2/h3-6,10-11,13,16H,7-9H2,1-2H3. The monoisotopic (exact) mass is 345 g/mol. The normalized spacial score (nSPS) is 26.1. The highest BCUT2D eigenvalue weighted by molar-refractivity contribution is 14.1. The molecule has 0 bridgehead atoms. The minimum Gasteiger partial charge on any atom is -0.378 e. The summed E-state index contributed by atoms with van der Waals surface area (Å²) in [4.78, 5) is 0. The van der Waals surface area contributed by atoms with E-state index in [-0.39, 0.29) is 0 Å². The second kappa shape index (κ2) is 6.16. The van der Waals surface area contributed by atoms with Gasteiger partial charge in [0.25, 0.3) is 0 Å². The average Bonchev–Trinajstić information content (AvgIpc) is 2.73. The van der Waals surface area contributed by atoms with Crippen molar-refractivity contribution in [2.45, 2.75) is 32.4 Å². The van der Waals surface area contributed by atoms with Crippen molar-refractivity contribution >= 4 is 22.6 Å². The Balaban J connectivity index is 1.84. The fourth-order valence-corrected chi connectivity index (χ4v) is 2.60. The van der Waals surface area contributed by atoms with Crippen LogP contribution in [0.15, 0.2) is 24.3 Å². The molecule has 94 valence electrons. The van der Waals surface area contributed by atoms with Crippen molar-refractivity contribution in [3.05, 3.63) is 33.4 Å². The van der Waals surface area contributed by atoms with E-state index in [1.165, 1.54) is 15.6 Å². The smallest absolute Gasteiger partial charge is 0.0588 e. The maximum atomic E-state index is 5.58. The molecule has 0 aromatic heterocycles. The highest BCUT2D eigenvalue weighted by Crippen LogP contribution is 2.21. The van der Waals surface area contributed by atoms with Gasteiger partial charge in [-0.2, -0.15) is 0 Å². The third kappa shape index (κ3) is 3.66. The number of hydrogen-bond acceptors (Lipinski definition) is 2. The van der Waals surface area contributed by atoms with E-state index in [0.29, 0.717) is 18.1 Å². The molecule has 1 aromatic rings. The first-order chi connectivity index (χ1) is 8.16. The lowest BCUT2D eigenvalue weighted by Gasteiger charge is -2.19. The molecule has 0 spiro atoms. The summed E-state index contributed by atoms with van der Waals surface area (Å²) in [6, 6.07) is 9.15. The summed E-state index contributed by atoms with van der Waals surface area (Å²) < 4.78 is 6.87. The molecule has 1 heterocycles. The lowest BCUT2D eigenvalue weighted by Crippen LogP contribution is -2.29. The minimum atomic E-state index is 0.409. The van der Waals surface area contributed by atoms with Crippen molar-refractivity contribution in [2.24, 2.45) is 5.92 Å². The Morgan fingerprint density at radius 3 is 2.71 bits per heavy atom. The van der Waals surface area contributed by atoms with Gasteiger partial charge >= 0.3 is 0 Å². The summed E-state index contributed by atoms with van der Waals surface area (Å²) in [5.74, 6) is 0.668. The zero-order chi connectivity index (χ0) is 12.3. The van der Waals surface area contributed by atoms with Gasteiger partial charge in [0.15, 0.2) is 0 Å². The number of hydrogen-bond donors (Lipinski definition) is 1. The third-order valence-corrected chi connectivity index (χ3v) is 4.31. The van der Waals surface area contributed by atoms with Crippen LogP contribution < -0.4 is 5.32 Å². The van der Waals surface area contributed by atoms with Gasteiger partial charge in [0.2, 0.25) is 0 Å². The molecule has 0 saturated carbocycles. The molecular weight excluding hydrogens is 325 g/mol. The van der Waals surface area contributed by atoms with E-state index in [0.717, 1.165) is 13.2 Å². The van der Waals surface area contributed by atoms with Gasteiger partial charge in [-0.3, -0.25) is 0 Å². The summed E-state index contributed by atoms with van der Waals surface area (Å²) >= 11 is 2.34. The molecule has 3 unspecified atom stereocenters. The van der Waals surface area contributed by atoms with Crippen LogP contribution in [-0.4, -0.2) is 19.3 Å². The fraction of sp³-hybridized carbons (Fsp3) is 0.571. The van der Waals surface area contributed by atoms with Crippen LogP contribution in [0.3, 0.4) is 0 Å². The van der Waals surface area contributed by atoms with Gasteiger partial charge in [0.05, 0.1) is 6.10 Å². The summed E-state index contributed by atoms with van der Waals surface area (Å²) in [6.45, 7) is 6.37. The third-order valence-electron chi connectivity index (χ3n) is 3.59.